The lowest BCUT2D eigenvalue weighted by atomic mass is 9.89. The molecule has 2 aromatic carbocycles. The molecule has 1 fully saturated rings. The molecule has 1 amide bonds. The molecule has 0 atom stereocenters. The van der Waals surface area contributed by atoms with Gasteiger partial charge < -0.3 is 10.1 Å². The monoisotopic (exact) mass is 473 g/mol. The van der Waals surface area contributed by atoms with Crippen molar-refractivity contribution in [1.29, 1.82) is 0 Å². The van der Waals surface area contributed by atoms with E-state index < -0.39 is 38.6 Å². The van der Waals surface area contributed by atoms with E-state index in [-0.39, 0.29) is 41.5 Å². The van der Waals surface area contributed by atoms with Gasteiger partial charge in [0.05, 0.1) is 22.8 Å². The molecular weight excluding hydrogens is 450 g/mol. The molecule has 10 heteroatoms. The van der Waals surface area contributed by atoms with Crippen molar-refractivity contribution in [3.05, 3.63) is 59.4 Å². The van der Waals surface area contributed by atoms with Crippen molar-refractivity contribution in [3.63, 3.8) is 0 Å². The number of benzene rings is 2. The summed E-state index contributed by atoms with van der Waals surface area (Å²) in [7, 11) is -2.53. The first kappa shape index (κ1) is 24.0. The predicted octanol–water partition coefficient (Wildman–Crippen LogP) is 4.62. The zero-order valence-corrected chi connectivity index (χ0v) is 18.1. The quantitative estimate of drug-likeness (QED) is 0.622. The van der Waals surface area contributed by atoms with E-state index in [1.165, 1.54) is 19.2 Å². The van der Waals surface area contributed by atoms with Gasteiger partial charge in [-0.15, -0.1) is 0 Å². The van der Waals surface area contributed by atoms with Gasteiger partial charge in [0.2, 0.25) is 0 Å². The van der Waals surface area contributed by atoms with Gasteiger partial charge in [0, 0.05) is 18.2 Å². The number of rotatable bonds is 6. The summed E-state index contributed by atoms with van der Waals surface area (Å²) in [4.78, 5) is 12.0. The minimum absolute atomic E-state index is 0.0161. The molecule has 3 rings (SSSR count). The van der Waals surface area contributed by atoms with Crippen LogP contribution < -0.4 is 10.1 Å². The molecule has 0 unspecified atom stereocenters. The Morgan fingerprint density at radius 2 is 1.78 bits per heavy atom. The number of carbonyl (C=O) groups excluding carboxylic acids is 1. The van der Waals surface area contributed by atoms with Gasteiger partial charge in [0.1, 0.15) is 11.6 Å². The summed E-state index contributed by atoms with van der Waals surface area (Å²) in [5, 5.41) is 1.95. The van der Waals surface area contributed by atoms with Crippen LogP contribution in [0.15, 0.2) is 47.4 Å². The lowest BCUT2D eigenvalue weighted by molar-refractivity contribution is -0.137. The molecule has 1 saturated carbocycles. The van der Waals surface area contributed by atoms with Crippen LogP contribution in [0.3, 0.4) is 0 Å². The molecule has 1 aliphatic rings. The van der Waals surface area contributed by atoms with Crippen molar-refractivity contribution in [1.82, 2.24) is 5.32 Å². The standard InChI is InChI=1S/C22H23F4NO4S/c1-31-18-10-15(9-17(23)12-18)21(28)27-13-14-5-7-19(8-6-14)32(29,30)20-4-2-3-16(11-20)22(24,25)26/h2-4,9-12,14,19H,5-8,13H2,1H3,(H,27,28). The highest BCUT2D eigenvalue weighted by Crippen LogP contribution is 2.35. The maximum atomic E-state index is 13.6. The summed E-state index contributed by atoms with van der Waals surface area (Å²) >= 11 is 0. The van der Waals surface area contributed by atoms with Crippen LogP contribution in [0.2, 0.25) is 0 Å². The molecule has 1 aliphatic carbocycles. The Morgan fingerprint density at radius 3 is 2.41 bits per heavy atom. The van der Waals surface area contributed by atoms with Crippen molar-refractivity contribution in [2.24, 2.45) is 5.92 Å². The molecule has 0 heterocycles. The summed E-state index contributed by atoms with van der Waals surface area (Å²) in [6.07, 6.45) is -3.06. The molecule has 0 spiro atoms. The van der Waals surface area contributed by atoms with Gasteiger partial charge in [0.25, 0.3) is 5.91 Å². The van der Waals surface area contributed by atoms with E-state index in [0.29, 0.717) is 18.9 Å². The third-order valence-corrected chi connectivity index (χ3v) is 7.90. The normalized spacial score (nSPS) is 19.4. The fourth-order valence-electron chi connectivity index (χ4n) is 3.84. The maximum absolute atomic E-state index is 13.6. The lowest BCUT2D eigenvalue weighted by Crippen LogP contribution is -2.34. The second kappa shape index (κ2) is 9.48. The molecule has 0 saturated heterocycles. The number of hydrogen-bond donors (Lipinski definition) is 1. The van der Waals surface area contributed by atoms with Crippen molar-refractivity contribution < 1.29 is 35.5 Å². The number of hydrogen-bond acceptors (Lipinski definition) is 4. The minimum Gasteiger partial charge on any atom is -0.497 e. The third kappa shape index (κ3) is 5.59. The van der Waals surface area contributed by atoms with E-state index in [4.69, 9.17) is 4.74 Å². The molecule has 0 aromatic heterocycles. The van der Waals surface area contributed by atoms with Crippen LogP contribution in [-0.4, -0.2) is 33.2 Å². The van der Waals surface area contributed by atoms with Crippen LogP contribution in [0, 0.1) is 11.7 Å². The van der Waals surface area contributed by atoms with E-state index in [1.54, 1.807) is 0 Å². The minimum atomic E-state index is -4.62. The average Bonchev–Trinajstić information content (AvgIpc) is 2.76. The number of ether oxygens (including phenoxy) is 1. The smallest absolute Gasteiger partial charge is 0.416 e. The Labute approximate surface area is 183 Å². The molecular formula is C22H23F4NO4S. The first-order valence-electron chi connectivity index (χ1n) is 10.0. The highest BCUT2D eigenvalue weighted by atomic mass is 32.2. The Bertz CT molecular complexity index is 1080. The first-order valence-corrected chi connectivity index (χ1v) is 11.6. The van der Waals surface area contributed by atoms with Crippen molar-refractivity contribution in [2.75, 3.05) is 13.7 Å². The lowest BCUT2D eigenvalue weighted by Gasteiger charge is -2.28. The Kier molecular flexibility index (Phi) is 7.12. The highest BCUT2D eigenvalue weighted by molar-refractivity contribution is 7.92. The predicted molar refractivity (Wildman–Crippen MR) is 110 cm³/mol. The van der Waals surface area contributed by atoms with Crippen LogP contribution in [0.5, 0.6) is 5.75 Å². The van der Waals surface area contributed by atoms with E-state index in [1.807, 2.05) is 0 Å². The highest BCUT2D eigenvalue weighted by Gasteiger charge is 2.35. The summed E-state index contributed by atoms with van der Waals surface area (Å²) in [5.41, 5.74) is -0.883. The summed E-state index contributed by atoms with van der Waals surface area (Å²) in [5.74, 6) is -0.839. The second-order valence-electron chi connectivity index (χ2n) is 7.80. The molecule has 0 bridgehead atoms. The second-order valence-corrected chi connectivity index (χ2v) is 10.0. The molecule has 32 heavy (non-hydrogen) atoms. The van der Waals surface area contributed by atoms with Gasteiger partial charge >= 0.3 is 6.18 Å². The zero-order chi connectivity index (χ0) is 23.5. The molecule has 1 N–H and O–H groups in total. The van der Waals surface area contributed by atoms with Crippen LogP contribution in [-0.2, 0) is 16.0 Å². The van der Waals surface area contributed by atoms with E-state index in [9.17, 15) is 30.8 Å². The van der Waals surface area contributed by atoms with Crippen molar-refractivity contribution in [3.8, 4) is 5.75 Å². The number of alkyl halides is 3. The maximum Gasteiger partial charge on any atom is 0.416 e. The number of amides is 1. The van der Waals surface area contributed by atoms with Gasteiger partial charge in [-0.25, -0.2) is 12.8 Å². The number of sulfone groups is 1. The van der Waals surface area contributed by atoms with E-state index in [2.05, 4.69) is 5.32 Å². The van der Waals surface area contributed by atoms with Crippen LogP contribution in [0.4, 0.5) is 17.6 Å². The van der Waals surface area contributed by atoms with Gasteiger partial charge in [-0.1, -0.05) is 6.07 Å². The zero-order valence-electron chi connectivity index (χ0n) is 17.3. The van der Waals surface area contributed by atoms with Crippen LogP contribution in [0.1, 0.15) is 41.6 Å². The summed E-state index contributed by atoms with van der Waals surface area (Å²) < 4.78 is 83.0. The Morgan fingerprint density at radius 1 is 1.09 bits per heavy atom. The number of halogens is 4. The topological polar surface area (TPSA) is 72.5 Å². The third-order valence-electron chi connectivity index (χ3n) is 5.64. The van der Waals surface area contributed by atoms with Crippen LogP contribution in [0.25, 0.3) is 0 Å². The molecule has 5 nitrogen and oxygen atoms in total. The summed E-state index contributed by atoms with van der Waals surface area (Å²) in [6.45, 7) is 0.286. The fourth-order valence-corrected chi connectivity index (χ4v) is 5.68. The van der Waals surface area contributed by atoms with E-state index in [0.717, 1.165) is 24.3 Å². The molecule has 2 aromatic rings. The molecule has 0 aliphatic heterocycles. The Hall–Kier alpha value is -2.62. The first-order chi connectivity index (χ1) is 15.0. The Balaban J connectivity index is 1.58. The fraction of sp³-hybridized carbons (Fsp3) is 0.409. The van der Waals surface area contributed by atoms with Gasteiger partial charge in [-0.05, 0) is 61.9 Å². The van der Waals surface area contributed by atoms with Gasteiger partial charge in [0.15, 0.2) is 9.84 Å². The number of methoxy groups -OCH3 is 1. The van der Waals surface area contributed by atoms with Gasteiger partial charge in [-0.2, -0.15) is 13.2 Å². The van der Waals surface area contributed by atoms with Crippen molar-refractivity contribution >= 4 is 15.7 Å². The number of nitrogens with one attached hydrogen (secondary N) is 1. The van der Waals surface area contributed by atoms with Gasteiger partial charge in [-0.3, -0.25) is 4.79 Å². The molecule has 174 valence electrons. The largest absolute Gasteiger partial charge is 0.497 e. The summed E-state index contributed by atoms with van der Waals surface area (Å²) in [6, 6.07) is 7.46. The SMILES string of the molecule is COc1cc(F)cc(C(=O)NCC2CCC(S(=O)(=O)c3cccc(C(F)(F)F)c3)CC2)c1. The van der Waals surface area contributed by atoms with E-state index >= 15 is 0 Å². The van der Waals surface area contributed by atoms with Crippen molar-refractivity contribution in [2.45, 2.75) is 42.0 Å². The number of carbonyl (C=O) groups is 1. The average molecular weight is 473 g/mol. The van der Waals surface area contributed by atoms with Crippen LogP contribution >= 0.6 is 0 Å². The molecule has 0 radical (unpaired) electrons.